The van der Waals surface area contributed by atoms with E-state index < -0.39 is 0 Å². The SMILES string of the molecule is O=C(Nc1cc(-c2ccco2)[nH]n1)c1csc2c1CCCC2. The fourth-order valence-electron chi connectivity index (χ4n) is 2.81. The van der Waals surface area contributed by atoms with Gasteiger partial charge in [-0.15, -0.1) is 11.3 Å². The molecule has 0 fully saturated rings. The number of thiophene rings is 1. The molecule has 112 valence electrons. The number of aryl methyl sites for hydroxylation is 1. The Morgan fingerprint density at radius 3 is 3.14 bits per heavy atom. The second kappa shape index (κ2) is 5.46. The zero-order chi connectivity index (χ0) is 14.9. The number of amides is 1. The van der Waals surface area contributed by atoms with E-state index in [1.54, 1.807) is 23.7 Å². The van der Waals surface area contributed by atoms with E-state index in [-0.39, 0.29) is 5.91 Å². The van der Waals surface area contributed by atoms with Crippen molar-refractivity contribution in [1.82, 2.24) is 10.2 Å². The molecule has 0 bridgehead atoms. The smallest absolute Gasteiger partial charge is 0.257 e. The van der Waals surface area contributed by atoms with Crippen LogP contribution in [0.4, 0.5) is 5.82 Å². The number of fused-ring (bicyclic) bond motifs is 1. The van der Waals surface area contributed by atoms with Crippen molar-refractivity contribution >= 4 is 23.1 Å². The minimum absolute atomic E-state index is 0.0862. The van der Waals surface area contributed by atoms with Crippen LogP contribution in [0, 0.1) is 0 Å². The van der Waals surface area contributed by atoms with Crippen molar-refractivity contribution in [1.29, 1.82) is 0 Å². The average molecular weight is 313 g/mol. The lowest BCUT2D eigenvalue weighted by Gasteiger charge is -2.12. The predicted octanol–water partition coefficient (Wildman–Crippen LogP) is 3.86. The number of carbonyl (C=O) groups excluding carboxylic acids is 1. The second-order valence-electron chi connectivity index (χ2n) is 5.36. The summed E-state index contributed by atoms with van der Waals surface area (Å²) in [6.45, 7) is 0. The molecule has 0 spiro atoms. The lowest BCUT2D eigenvalue weighted by Crippen LogP contribution is -2.14. The van der Waals surface area contributed by atoms with Gasteiger partial charge in [0, 0.05) is 16.3 Å². The standard InChI is InChI=1S/C16H15N3O2S/c20-16(11-9-22-14-6-2-1-4-10(11)14)17-15-8-12(18-19-15)13-5-3-7-21-13/h3,5,7-9H,1-2,4,6H2,(H2,17,18,19,20). The normalized spacial score (nSPS) is 13.8. The minimum Gasteiger partial charge on any atom is -0.463 e. The number of hydrogen-bond donors (Lipinski definition) is 2. The molecular weight excluding hydrogens is 298 g/mol. The van der Waals surface area contributed by atoms with E-state index in [0.717, 1.165) is 30.5 Å². The molecule has 0 saturated carbocycles. The Kier molecular flexibility index (Phi) is 3.31. The topological polar surface area (TPSA) is 70.9 Å². The largest absolute Gasteiger partial charge is 0.463 e. The number of aromatic amines is 1. The number of aromatic nitrogens is 2. The number of anilines is 1. The molecule has 0 radical (unpaired) electrons. The van der Waals surface area contributed by atoms with Crippen LogP contribution in [-0.4, -0.2) is 16.1 Å². The van der Waals surface area contributed by atoms with E-state index in [4.69, 9.17) is 4.42 Å². The Morgan fingerprint density at radius 2 is 2.27 bits per heavy atom. The summed E-state index contributed by atoms with van der Waals surface area (Å²) in [5, 5.41) is 11.8. The van der Waals surface area contributed by atoms with E-state index in [0.29, 0.717) is 11.6 Å². The summed E-state index contributed by atoms with van der Waals surface area (Å²) in [5.74, 6) is 1.12. The Bertz CT molecular complexity index is 801. The number of furan rings is 1. The number of hydrogen-bond acceptors (Lipinski definition) is 4. The van der Waals surface area contributed by atoms with E-state index >= 15 is 0 Å². The highest BCUT2D eigenvalue weighted by Gasteiger charge is 2.20. The van der Waals surface area contributed by atoms with Crippen LogP contribution >= 0.6 is 11.3 Å². The number of H-pyrrole nitrogens is 1. The van der Waals surface area contributed by atoms with Gasteiger partial charge in [-0.25, -0.2) is 0 Å². The molecule has 1 aliphatic carbocycles. The fraction of sp³-hybridized carbons (Fsp3) is 0.250. The summed E-state index contributed by atoms with van der Waals surface area (Å²) < 4.78 is 5.30. The third-order valence-electron chi connectivity index (χ3n) is 3.91. The quantitative estimate of drug-likeness (QED) is 0.771. The summed E-state index contributed by atoms with van der Waals surface area (Å²) in [6, 6.07) is 5.43. The summed E-state index contributed by atoms with van der Waals surface area (Å²) in [7, 11) is 0. The Morgan fingerprint density at radius 1 is 1.36 bits per heavy atom. The highest BCUT2D eigenvalue weighted by molar-refractivity contribution is 7.10. The fourth-order valence-corrected chi connectivity index (χ4v) is 3.94. The first-order valence-corrected chi connectivity index (χ1v) is 8.19. The van der Waals surface area contributed by atoms with Gasteiger partial charge in [-0.05, 0) is 43.4 Å². The van der Waals surface area contributed by atoms with Crippen molar-refractivity contribution in [2.75, 3.05) is 5.32 Å². The third-order valence-corrected chi connectivity index (χ3v) is 5.00. The maximum Gasteiger partial charge on any atom is 0.257 e. The number of nitrogens with one attached hydrogen (secondary N) is 2. The van der Waals surface area contributed by atoms with Gasteiger partial charge in [0.1, 0.15) is 5.69 Å². The Labute approximate surface area is 131 Å². The molecule has 5 nitrogen and oxygen atoms in total. The van der Waals surface area contributed by atoms with E-state index in [2.05, 4.69) is 15.5 Å². The molecule has 0 aromatic carbocycles. The van der Waals surface area contributed by atoms with Gasteiger partial charge in [0.25, 0.3) is 5.91 Å². The number of rotatable bonds is 3. The summed E-state index contributed by atoms with van der Waals surface area (Å²) in [6.07, 6.45) is 6.08. The first-order valence-electron chi connectivity index (χ1n) is 7.31. The lowest BCUT2D eigenvalue weighted by molar-refractivity contribution is 0.102. The highest BCUT2D eigenvalue weighted by Crippen LogP contribution is 2.30. The maximum atomic E-state index is 12.5. The van der Waals surface area contributed by atoms with Gasteiger partial charge in [0.15, 0.2) is 11.6 Å². The summed E-state index contributed by atoms with van der Waals surface area (Å²) in [5.41, 5.74) is 2.76. The van der Waals surface area contributed by atoms with Crippen LogP contribution in [-0.2, 0) is 12.8 Å². The van der Waals surface area contributed by atoms with Gasteiger partial charge in [0.05, 0.1) is 11.8 Å². The van der Waals surface area contributed by atoms with Crippen LogP contribution in [0.1, 0.15) is 33.6 Å². The molecule has 0 aliphatic heterocycles. The van der Waals surface area contributed by atoms with E-state index in [9.17, 15) is 4.79 Å². The summed E-state index contributed by atoms with van der Waals surface area (Å²) in [4.78, 5) is 13.8. The van der Waals surface area contributed by atoms with Crippen molar-refractivity contribution in [3.05, 3.63) is 45.8 Å². The van der Waals surface area contributed by atoms with Gasteiger partial charge in [-0.1, -0.05) is 0 Å². The zero-order valence-electron chi connectivity index (χ0n) is 11.9. The van der Waals surface area contributed by atoms with Gasteiger partial charge < -0.3 is 9.73 Å². The van der Waals surface area contributed by atoms with Crippen LogP contribution in [0.25, 0.3) is 11.5 Å². The van der Waals surface area contributed by atoms with Crippen LogP contribution in [0.15, 0.2) is 34.3 Å². The highest BCUT2D eigenvalue weighted by atomic mass is 32.1. The molecule has 3 aromatic rings. The average Bonchev–Trinajstić information content (AvgIpc) is 3.27. The van der Waals surface area contributed by atoms with Crippen molar-refractivity contribution in [3.8, 4) is 11.5 Å². The second-order valence-corrected chi connectivity index (χ2v) is 6.32. The van der Waals surface area contributed by atoms with Crippen molar-refractivity contribution in [2.45, 2.75) is 25.7 Å². The molecular formula is C16H15N3O2S. The third kappa shape index (κ3) is 2.35. The first kappa shape index (κ1) is 13.3. The molecule has 0 unspecified atom stereocenters. The van der Waals surface area contributed by atoms with Crippen LogP contribution in [0.3, 0.4) is 0 Å². The molecule has 1 aliphatic rings. The number of carbonyl (C=O) groups is 1. The van der Waals surface area contributed by atoms with Crippen molar-refractivity contribution in [2.24, 2.45) is 0 Å². The predicted molar refractivity (Wildman–Crippen MR) is 85.2 cm³/mol. The van der Waals surface area contributed by atoms with Crippen LogP contribution < -0.4 is 5.32 Å². The van der Waals surface area contributed by atoms with Crippen LogP contribution in [0.5, 0.6) is 0 Å². The molecule has 0 atom stereocenters. The van der Waals surface area contributed by atoms with E-state index in [1.165, 1.54) is 16.9 Å². The van der Waals surface area contributed by atoms with Crippen LogP contribution in [0.2, 0.25) is 0 Å². The molecule has 6 heteroatoms. The molecule has 0 saturated heterocycles. The van der Waals surface area contributed by atoms with E-state index in [1.807, 2.05) is 17.5 Å². The molecule has 4 rings (SSSR count). The maximum absolute atomic E-state index is 12.5. The zero-order valence-corrected chi connectivity index (χ0v) is 12.7. The van der Waals surface area contributed by atoms with Gasteiger partial charge >= 0.3 is 0 Å². The van der Waals surface area contributed by atoms with Crippen molar-refractivity contribution in [3.63, 3.8) is 0 Å². The first-order chi connectivity index (χ1) is 10.8. The molecule has 22 heavy (non-hydrogen) atoms. The molecule has 3 heterocycles. The Balaban J connectivity index is 1.54. The summed E-state index contributed by atoms with van der Waals surface area (Å²) >= 11 is 1.69. The molecule has 1 amide bonds. The molecule has 2 N–H and O–H groups in total. The minimum atomic E-state index is -0.0862. The van der Waals surface area contributed by atoms with Gasteiger partial charge in [-0.3, -0.25) is 9.89 Å². The van der Waals surface area contributed by atoms with Crippen molar-refractivity contribution < 1.29 is 9.21 Å². The lowest BCUT2D eigenvalue weighted by atomic mass is 9.96. The molecule has 3 aromatic heterocycles. The number of nitrogens with zero attached hydrogens (tertiary/aromatic N) is 1. The van der Waals surface area contributed by atoms with Gasteiger partial charge in [0.2, 0.25) is 0 Å². The Hall–Kier alpha value is -2.34. The van der Waals surface area contributed by atoms with Gasteiger partial charge in [-0.2, -0.15) is 5.10 Å². The monoisotopic (exact) mass is 313 g/mol.